The van der Waals surface area contributed by atoms with Gasteiger partial charge in [-0.05, 0) is 47.9 Å². The van der Waals surface area contributed by atoms with Crippen molar-refractivity contribution >= 4 is 33.0 Å². The fraction of sp³-hybridized carbons (Fsp3) is 0.182. The van der Waals surface area contributed by atoms with Crippen LogP contribution in [0.5, 0.6) is 0 Å². The number of para-hydroxylation sites is 1. The van der Waals surface area contributed by atoms with Gasteiger partial charge in [-0.25, -0.2) is 8.42 Å². The first-order valence-corrected chi connectivity index (χ1v) is 11.3. The molecule has 2 heterocycles. The molecule has 1 aliphatic heterocycles. The lowest BCUT2D eigenvalue weighted by Crippen LogP contribution is -2.30. The van der Waals surface area contributed by atoms with E-state index in [4.69, 9.17) is 4.42 Å². The first-order chi connectivity index (χ1) is 14.3. The molecule has 0 fully saturated rings. The third kappa shape index (κ3) is 4.13. The lowest BCUT2D eigenvalue weighted by molar-refractivity contribution is -0.117. The quantitative estimate of drug-likeness (QED) is 0.679. The maximum absolute atomic E-state index is 12.7. The van der Waals surface area contributed by atoms with E-state index in [1.54, 1.807) is 29.2 Å². The number of fused-ring (bicyclic) bond motifs is 1. The minimum Gasteiger partial charge on any atom is -0.440 e. The van der Waals surface area contributed by atoms with Gasteiger partial charge in [0.2, 0.25) is 20.8 Å². The number of nitrogens with zero attached hydrogens (tertiary/aromatic N) is 1. The largest absolute Gasteiger partial charge is 0.440 e. The number of rotatable bonds is 5. The Morgan fingerprint density at radius 1 is 1.03 bits per heavy atom. The van der Waals surface area contributed by atoms with Crippen molar-refractivity contribution in [2.75, 3.05) is 23.0 Å². The molecule has 0 radical (unpaired) electrons. The van der Waals surface area contributed by atoms with Crippen LogP contribution >= 0.6 is 0 Å². The number of hydrogen-bond acceptors (Lipinski definition) is 5. The summed E-state index contributed by atoms with van der Waals surface area (Å²) in [5.74, 6) is -0.620. The Labute approximate surface area is 174 Å². The van der Waals surface area contributed by atoms with Gasteiger partial charge < -0.3 is 14.6 Å². The van der Waals surface area contributed by atoms with Crippen LogP contribution in [0.15, 0.2) is 70.2 Å². The lowest BCUT2D eigenvalue weighted by atomic mass is 10.1. The molecule has 4 rings (SSSR count). The zero-order valence-corrected chi connectivity index (χ0v) is 17.1. The molecule has 3 aromatic rings. The van der Waals surface area contributed by atoms with Crippen molar-refractivity contribution in [1.29, 1.82) is 0 Å². The Morgan fingerprint density at radius 2 is 1.77 bits per heavy atom. The molecule has 2 amide bonds. The van der Waals surface area contributed by atoms with Crippen LogP contribution in [0, 0.1) is 0 Å². The second-order valence-electron chi connectivity index (χ2n) is 7.14. The summed E-state index contributed by atoms with van der Waals surface area (Å²) in [7, 11) is -3.51. The predicted octanol–water partition coefficient (Wildman–Crippen LogP) is 3.07. The van der Waals surface area contributed by atoms with E-state index in [1.165, 1.54) is 17.7 Å². The maximum atomic E-state index is 12.7. The van der Waals surface area contributed by atoms with E-state index in [0.29, 0.717) is 12.2 Å². The average Bonchev–Trinajstić information content (AvgIpc) is 3.37. The Kier molecular flexibility index (Phi) is 5.17. The van der Waals surface area contributed by atoms with Gasteiger partial charge in [0.1, 0.15) is 0 Å². The Morgan fingerprint density at radius 3 is 2.47 bits per heavy atom. The maximum Gasteiger partial charge on any atom is 0.291 e. The molecular weight excluding hydrogens is 404 g/mol. The zero-order valence-electron chi connectivity index (χ0n) is 16.3. The molecule has 0 spiro atoms. The second-order valence-corrected chi connectivity index (χ2v) is 9.09. The number of sulfone groups is 1. The van der Waals surface area contributed by atoms with Crippen LogP contribution in [0.25, 0.3) is 0 Å². The first-order valence-electron chi connectivity index (χ1n) is 9.40. The number of benzene rings is 2. The Hall–Kier alpha value is -3.39. The minimum atomic E-state index is -3.51. The molecule has 1 N–H and O–H groups in total. The molecule has 0 bridgehead atoms. The van der Waals surface area contributed by atoms with E-state index in [0.717, 1.165) is 23.9 Å². The van der Waals surface area contributed by atoms with Crippen molar-refractivity contribution in [3.63, 3.8) is 0 Å². The fourth-order valence-electron chi connectivity index (χ4n) is 3.41. The van der Waals surface area contributed by atoms with Crippen molar-refractivity contribution in [1.82, 2.24) is 0 Å². The molecule has 154 valence electrons. The second kappa shape index (κ2) is 7.79. The molecule has 0 atom stereocenters. The Balaban J connectivity index is 1.39. The van der Waals surface area contributed by atoms with Crippen LogP contribution in [-0.4, -0.2) is 33.0 Å². The van der Waals surface area contributed by atoms with Crippen molar-refractivity contribution in [3.8, 4) is 0 Å². The van der Waals surface area contributed by atoms with E-state index in [-0.39, 0.29) is 23.2 Å². The van der Waals surface area contributed by atoms with Crippen LogP contribution < -0.4 is 10.2 Å². The van der Waals surface area contributed by atoms with Crippen LogP contribution in [0.1, 0.15) is 21.7 Å². The van der Waals surface area contributed by atoms with Gasteiger partial charge in [-0.15, -0.1) is 0 Å². The third-order valence-corrected chi connectivity index (χ3v) is 5.88. The number of furan rings is 1. The van der Waals surface area contributed by atoms with Crippen LogP contribution in [-0.2, 0) is 27.5 Å². The number of carbonyl (C=O) groups excluding carboxylic acids is 2. The van der Waals surface area contributed by atoms with E-state index in [1.807, 2.05) is 24.3 Å². The van der Waals surface area contributed by atoms with Gasteiger partial charge in [-0.1, -0.05) is 30.3 Å². The first kappa shape index (κ1) is 19.9. The summed E-state index contributed by atoms with van der Waals surface area (Å²) in [6.45, 7) is 0.685. The molecule has 0 saturated carbocycles. The Bertz CT molecular complexity index is 1210. The van der Waals surface area contributed by atoms with Gasteiger partial charge in [0.25, 0.3) is 5.91 Å². The predicted molar refractivity (Wildman–Crippen MR) is 112 cm³/mol. The van der Waals surface area contributed by atoms with Gasteiger partial charge in [-0.3, -0.25) is 9.59 Å². The van der Waals surface area contributed by atoms with Crippen molar-refractivity contribution in [2.45, 2.75) is 17.9 Å². The third-order valence-electron chi connectivity index (χ3n) is 4.93. The molecule has 2 aromatic carbocycles. The highest BCUT2D eigenvalue weighted by molar-refractivity contribution is 7.90. The molecule has 1 aromatic heterocycles. The molecule has 0 saturated heterocycles. The number of carbonyl (C=O) groups is 2. The number of nitrogens with one attached hydrogen (secondary N) is 1. The van der Waals surface area contributed by atoms with E-state index >= 15 is 0 Å². The van der Waals surface area contributed by atoms with E-state index in [2.05, 4.69) is 5.32 Å². The molecule has 0 aliphatic carbocycles. The minimum absolute atomic E-state index is 0.0284. The molecule has 1 aliphatic rings. The van der Waals surface area contributed by atoms with Gasteiger partial charge in [0.15, 0.2) is 5.76 Å². The standard InChI is InChI=1S/C22H20N2O5S/c1-30(27,28)21-11-10-19(29-21)22(26)23-17-8-6-15(7-9-17)14-20(25)24-13-12-16-4-2-3-5-18(16)24/h2-11H,12-14H2,1H3,(H,23,26). The summed E-state index contributed by atoms with van der Waals surface area (Å²) in [5, 5.41) is 2.39. The summed E-state index contributed by atoms with van der Waals surface area (Å²) >= 11 is 0. The number of hydrogen-bond donors (Lipinski definition) is 1. The summed E-state index contributed by atoms with van der Waals surface area (Å²) in [5.41, 5.74) is 3.50. The molecule has 30 heavy (non-hydrogen) atoms. The SMILES string of the molecule is CS(=O)(=O)c1ccc(C(=O)Nc2ccc(CC(=O)N3CCc4ccccc43)cc2)o1. The average molecular weight is 424 g/mol. The van der Waals surface area contributed by atoms with Crippen molar-refractivity contribution in [2.24, 2.45) is 0 Å². The van der Waals surface area contributed by atoms with Crippen molar-refractivity contribution < 1.29 is 22.4 Å². The van der Waals surface area contributed by atoms with E-state index in [9.17, 15) is 18.0 Å². The summed E-state index contributed by atoms with van der Waals surface area (Å²) < 4.78 is 28.0. The molecule has 8 heteroatoms. The van der Waals surface area contributed by atoms with Crippen LogP contribution in [0.4, 0.5) is 11.4 Å². The van der Waals surface area contributed by atoms with Crippen molar-refractivity contribution in [3.05, 3.63) is 77.6 Å². The highest BCUT2D eigenvalue weighted by Gasteiger charge is 2.24. The summed E-state index contributed by atoms with van der Waals surface area (Å²) in [6.07, 6.45) is 2.13. The van der Waals surface area contributed by atoms with Crippen LogP contribution in [0.2, 0.25) is 0 Å². The highest BCUT2D eigenvalue weighted by Crippen LogP contribution is 2.28. The smallest absolute Gasteiger partial charge is 0.291 e. The normalized spacial score (nSPS) is 13.2. The van der Waals surface area contributed by atoms with Gasteiger partial charge in [-0.2, -0.15) is 0 Å². The highest BCUT2D eigenvalue weighted by atomic mass is 32.2. The molecular formula is C22H20N2O5S. The van der Waals surface area contributed by atoms with Gasteiger partial charge in [0, 0.05) is 24.2 Å². The van der Waals surface area contributed by atoms with Gasteiger partial charge >= 0.3 is 0 Å². The fourth-order valence-corrected chi connectivity index (χ4v) is 3.96. The summed E-state index contributed by atoms with van der Waals surface area (Å²) in [4.78, 5) is 26.8. The zero-order chi connectivity index (χ0) is 21.3. The van der Waals surface area contributed by atoms with Crippen LogP contribution in [0.3, 0.4) is 0 Å². The van der Waals surface area contributed by atoms with E-state index < -0.39 is 15.7 Å². The molecule has 7 nitrogen and oxygen atoms in total. The topological polar surface area (TPSA) is 96.7 Å². The number of anilines is 2. The monoisotopic (exact) mass is 424 g/mol. The lowest BCUT2D eigenvalue weighted by Gasteiger charge is -2.17. The summed E-state index contributed by atoms with van der Waals surface area (Å²) in [6, 6.07) is 17.4. The number of amides is 2. The molecule has 0 unspecified atom stereocenters. The van der Waals surface area contributed by atoms with Gasteiger partial charge in [0.05, 0.1) is 6.42 Å².